The van der Waals surface area contributed by atoms with E-state index in [1.54, 1.807) is 29.3 Å². The molecule has 1 aromatic heterocycles. The number of alkyl halides is 3. The Bertz CT molecular complexity index is 907. The standard InChI is InChI=1S/C18H21N5O2.C2HF3O2/c1-2-6-23-13-15(11-16(23)24)18(25)22-9-7-21(8-10-22)17-14(12-19)4-3-5-20-17;3-2(4,5)1(6)7/h2-5,15H,1,6-11,13H2;(H,6,7). The highest BCUT2D eigenvalue weighted by Gasteiger charge is 2.38. The number of aliphatic carboxylic acids is 1. The molecule has 2 amide bonds. The number of piperazine rings is 1. The van der Waals surface area contributed by atoms with Gasteiger partial charge < -0.3 is 19.8 Å². The molecule has 2 saturated heterocycles. The largest absolute Gasteiger partial charge is 0.490 e. The predicted molar refractivity (Wildman–Crippen MR) is 106 cm³/mol. The lowest BCUT2D eigenvalue weighted by atomic mass is 10.1. The second-order valence-corrected chi connectivity index (χ2v) is 7.09. The molecule has 172 valence electrons. The van der Waals surface area contributed by atoms with Gasteiger partial charge in [0.1, 0.15) is 11.9 Å². The molecule has 0 aromatic carbocycles. The molecule has 0 bridgehead atoms. The summed E-state index contributed by atoms with van der Waals surface area (Å²) >= 11 is 0. The quantitative estimate of drug-likeness (QED) is 0.682. The van der Waals surface area contributed by atoms with E-state index in [9.17, 15) is 28.0 Å². The van der Waals surface area contributed by atoms with Crippen molar-refractivity contribution in [3.63, 3.8) is 0 Å². The van der Waals surface area contributed by atoms with Crippen molar-refractivity contribution in [3.05, 3.63) is 36.5 Å². The third-order valence-corrected chi connectivity index (χ3v) is 4.95. The molecule has 12 heteroatoms. The Kier molecular flexibility index (Phi) is 8.17. The topological polar surface area (TPSA) is 118 Å². The third-order valence-electron chi connectivity index (χ3n) is 4.95. The van der Waals surface area contributed by atoms with Gasteiger partial charge >= 0.3 is 12.1 Å². The number of nitrogens with zero attached hydrogens (tertiary/aromatic N) is 5. The van der Waals surface area contributed by atoms with Crippen LogP contribution >= 0.6 is 0 Å². The van der Waals surface area contributed by atoms with Crippen molar-refractivity contribution in [1.29, 1.82) is 5.26 Å². The molecule has 3 rings (SSSR count). The number of carbonyl (C=O) groups excluding carboxylic acids is 2. The van der Waals surface area contributed by atoms with Crippen molar-refractivity contribution < 1.29 is 32.7 Å². The van der Waals surface area contributed by atoms with Gasteiger partial charge in [0, 0.05) is 51.9 Å². The van der Waals surface area contributed by atoms with Crippen LogP contribution in [0.4, 0.5) is 19.0 Å². The summed E-state index contributed by atoms with van der Waals surface area (Å²) in [4.78, 5) is 43.4. The smallest absolute Gasteiger partial charge is 0.475 e. The van der Waals surface area contributed by atoms with Crippen LogP contribution in [0.25, 0.3) is 0 Å². The Hall–Kier alpha value is -3.62. The molecule has 0 saturated carbocycles. The van der Waals surface area contributed by atoms with Crippen LogP contribution in [0.15, 0.2) is 31.0 Å². The summed E-state index contributed by atoms with van der Waals surface area (Å²) < 4.78 is 31.7. The maximum absolute atomic E-state index is 12.7. The van der Waals surface area contributed by atoms with Crippen LogP contribution in [-0.2, 0) is 14.4 Å². The summed E-state index contributed by atoms with van der Waals surface area (Å²) in [6, 6.07) is 5.65. The van der Waals surface area contributed by atoms with Crippen LogP contribution in [0, 0.1) is 17.2 Å². The molecule has 0 spiro atoms. The number of hydrogen-bond donors (Lipinski definition) is 1. The summed E-state index contributed by atoms with van der Waals surface area (Å²) in [6.07, 6.45) is -1.44. The lowest BCUT2D eigenvalue weighted by Gasteiger charge is -2.36. The maximum Gasteiger partial charge on any atom is 0.490 e. The van der Waals surface area contributed by atoms with Gasteiger partial charge in [0.05, 0.1) is 11.5 Å². The first kappa shape index (κ1) is 24.6. The van der Waals surface area contributed by atoms with Gasteiger partial charge in [-0.05, 0) is 12.1 Å². The van der Waals surface area contributed by atoms with Crippen LogP contribution in [0.3, 0.4) is 0 Å². The Labute approximate surface area is 182 Å². The molecule has 1 atom stereocenters. The van der Waals surface area contributed by atoms with Crippen LogP contribution in [0.1, 0.15) is 12.0 Å². The molecule has 0 aliphatic carbocycles. The highest BCUT2D eigenvalue weighted by Crippen LogP contribution is 2.23. The highest BCUT2D eigenvalue weighted by atomic mass is 19.4. The molecule has 1 aromatic rings. The second-order valence-electron chi connectivity index (χ2n) is 7.09. The van der Waals surface area contributed by atoms with Crippen molar-refractivity contribution >= 4 is 23.6 Å². The van der Waals surface area contributed by atoms with Crippen molar-refractivity contribution in [1.82, 2.24) is 14.8 Å². The van der Waals surface area contributed by atoms with E-state index in [4.69, 9.17) is 9.90 Å². The molecule has 1 N–H and O–H groups in total. The number of carboxylic acids is 1. The predicted octanol–water partition coefficient (Wildman–Crippen LogP) is 1.27. The number of aromatic nitrogens is 1. The Morgan fingerprint density at radius 2 is 1.94 bits per heavy atom. The van der Waals surface area contributed by atoms with Gasteiger partial charge in [-0.15, -0.1) is 6.58 Å². The molecule has 1 unspecified atom stereocenters. The number of likely N-dealkylation sites (tertiary alicyclic amines) is 1. The lowest BCUT2D eigenvalue weighted by Crippen LogP contribution is -2.51. The zero-order chi connectivity index (χ0) is 23.9. The van der Waals surface area contributed by atoms with E-state index < -0.39 is 12.1 Å². The zero-order valence-corrected chi connectivity index (χ0v) is 17.1. The molecular formula is C20H22F3N5O4. The fourth-order valence-electron chi connectivity index (χ4n) is 3.40. The SMILES string of the molecule is C=CCN1CC(C(=O)N2CCN(c3ncccc3C#N)CC2)CC1=O.O=C(O)C(F)(F)F. The second kappa shape index (κ2) is 10.6. The van der Waals surface area contributed by atoms with Crippen LogP contribution in [-0.4, -0.2) is 83.1 Å². The minimum Gasteiger partial charge on any atom is -0.475 e. The van der Waals surface area contributed by atoms with Gasteiger partial charge in [-0.3, -0.25) is 9.59 Å². The summed E-state index contributed by atoms with van der Waals surface area (Å²) in [5.74, 6) is -2.29. The van der Waals surface area contributed by atoms with Crippen LogP contribution < -0.4 is 4.90 Å². The van der Waals surface area contributed by atoms with Gasteiger partial charge in [-0.1, -0.05) is 6.08 Å². The zero-order valence-electron chi connectivity index (χ0n) is 17.1. The molecule has 2 fully saturated rings. The Morgan fingerprint density at radius 1 is 1.31 bits per heavy atom. The number of halogens is 3. The molecule has 9 nitrogen and oxygen atoms in total. The first-order valence-corrected chi connectivity index (χ1v) is 9.66. The van der Waals surface area contributed by atoms with Gasteiger partial charge in [-0.25, -0.2) is 9.78 Å². The number of nitriles is 1. The summed E-state index contributed by atoms with van der Waals surface area (Å²) in [5, 5.41) is 16.3. The number of carbonyl (C=O) groups is 3. The van der Waals surface area contributed by atoms with Crippen molar-refractivity contribution in [2.45, 2.75) is 12.6 Å². The molecule has 2 aliphatic rings. The van der Waals surface area contributed by atoms with E-state index in [-0.39, 0.29) is 24.2 Å². The Balaban J connectivity index is 0.000000451. The molecule has 32 heavy (non-hydrogen) atoms. The fourth-order valence-corrected chi connectivity index (χ4v) is 3.40. The lowest BCUT2D eigenvalue weighted by molar-refractivity contribution is -0.192. The van der Waals surface area contributed by atoms with E-state index in [2.05, 4.69) is 17.6 Å². The van der Waals surface area contributed by atoms with Crippen LogP contribution in [0.2, 0.25) is 0 Å². The van der Waals surface area contributed by atoms with E-state index in [0.717, 1.165) is 0 Å². The summed E-state index contributed by atoms with van der Waals surface area (Å²) in [6.45, 7) is 7.03. The first-order chi connectivity index (χ1) is 15.1. The minimum absolute atomic E-state index is 0.0176. The maximum atomic E-state index is 12.7. The fraction of sp³-hybridized carbons (Fsp3) is 0.450. The Morgan fingerprint density at radius 3 is 2.47 bits per heavy atom. The average molecular weight is 453 g/mol. The van der Waals surface area contributed by atoms with E-state index in [1.165, 1.54) is 0 Å². The van der Waals surface area contributed by atoms with Crippen molar-refractivity contribution in [2.75, 3.05) is 44.2 Å². The molecule has 2 aliphatic heterocycles. The van der Waals surface area contributed by atoms with E-state index in [1.807, 2.05) is 9.80 Å². The first-order valence-electron chi connectivity index (χ1n) is 9.66. The average Bonchev–Trinajstić information content (AvgIpc) is 3.13. The number of rotatable bonds is 4. The van der Waals surface area contributed by atoms with Crippen molar-refractivity contribution in [3.8, 4) is 6.07 Å². The van der Waals surface area contributed by atoms with E-state index in [0.29, 0.717) is 50.6 Å². The monoisotopic (exact) mass is 453 g/mol. The number of hydrogen-bond acceptors (Lipinski definition) is 6. The molecule has 0 radical (unpaired) electrons. The number of anilines is 1. The number of pyridine rings is 1. The highest BCUT2D eigenvalue weighted by molar-refractivity contribution is 5.89. The normalized spacial score (nSPS) is 18.5. The molecule has 3 heterocycles. The summed E-state index contributed by atoms with van der Waals surface area (Å²) in [7, 11) is 0. The van der Waals surface area contributed by atoms with Crippen molar-refractivity contribution in [2.24, 2.45) is 5.92 Å². The van der Waals surface area contributed by atoms with Gasteiger partial charge in [0.2, 0.25) is 11.8 Å². The van der Waals surface area contributed by atoms with E-state index >= 15 is 0 Å². The minimum atomic E-state index is -5.08. The van der Waals surface area contributed by atoms with Gasteiger partial charge in [0.15, 0.2) is 0 Å². The van der Waals surface area contributed by atoms with Gasteiger partial charge in [-0.2, -0.15) is 18.4 Å². The van der Waals surface area contributed by atoms with Crippen LogP contribution in [0.5, 0.6) is 0 Å². The van der Waals surface area contributed by atoms with Gasteiger partial charge in [0.25, 0.3) is 0 Å². The number of amides is 2. The molecular weight excluding hydrogens is 431 g/mol. The summed E-state index contributed by atoms with van der Waals surface area (Å²) in [5.41, 5.74) is 0.545. The number of carboxylic acid groups (broad SMARTS) is 1. The third kappa shape index (κ3) is 6.19.